The molecule has 65 heavy (non-hydrogen) atoms. The minimum absolute atomic E-state index is 0.0922. The van der Waals surface area contributed by atoms with Crippen molar-refractivity contribution in [3.8, 4) is 0 Å². The Morgan fingerprint density at radius 1 is 0.323 bits per heavy atom. The van der Waals surface area contributed by atoms with E-state index >= 15 is 0 Å². The SMILES string of the molecule is CC\C=C/C=C\C=C/C=C\C=C/CCCCCC(=O)OC(COC(=O)CCCCCCCCC/C=C\CCCCCCCCCC)COC(=O)CCCCCCCCCCCCCCC. The first-order valence-corrected chi connectivity index (χ1v) is 27.5. The van der Waals surface area contributed by atoms with Crippen molar-refractivity contribution in [2.24, 2.45) is 0 Å². The van der Waals surface area contributed by atoms with Crippen molar-refractivity contribution < 1.29 is 28.6 Å². The molecule has 0 rings (SSSR count). The zero-order chi connectivity index (χ0) is 47.2. The van der Waals surface area contributed by atoms with E-state index < -0.39 is 6.10 Å². The van der Waals surface area contributed by atoms with Crippen LogP contribution in [0.15, 0.2) is 72.9 Å². The molecule has 0 heterocycles. The lowest BCUT2D eigenvalue weighted by Gasteiger charge is -2.18. The largest absolute Gasteiger partial charge is 0.462 e. The second-order valence-corrected chi connectivity index (χ2v) is 18.2. The summed E-state index contributed by atoms with van der Waals surface area (Å²) in [7, 11) is 0. The van der Waals surface area contributed by atoms with E-state index in [0.717, 1.165) is 64.2 Å². The van der Waals surface area contributed by atoms with Crippen LogP contribution in [-0.2, 0) is 28.6 Å². The monoisotopic (exact) mass is 907 g/mol. The molecule has 0 saturated carbocycles. The molecule has 0 fully saturated rings. The molecule has 0 bridgehead atoms. The predicted octanol–water partition coefficient (Wildman–Crippen LogP) is 18.2. The molecule has 374 valence electrons. The van der Waals surface area contributed by atoms with Crippen molar-refractivity contribution in [3.05, 3.63) is 72.9 Å². The molecule has 0 saturated heterocycles. The summed E-state index contributed by atoms with van der Waals surface area (Å²) in [6.45, 7) is 6.47. The lowest BCUT2D eigenvalue weighted by atomic mass is 10.0. The zero-order valence-corrected chi connectivity index (χ0v) is 42.7. The molecule has 0 aliphatic carbocycles. The van der Waals surface area contributed by atoms with Crippen molar-refractivity contribution in [1.29, 1.82) is 0 Å². The molecule has 0 amide bonds. The van der Waals surface area contributed by atoms with Crippen LogP contribution < -0.4 is 0 Å². The van der Waals surface area contributed by atoms with Gasteiger partial charge < -0.3 is 14.2 Å². The van der Waals surface area contributed by atoms with E-state index in [1.165, 1.54) is 154 Å². The molecule has 0 spiro atoms. The topological polar surface area (TPSA) is 78.9 Å². The van der Waals surface area contributed by atoms with Gasteiger partial charge in [-0.1, -0.05) is 254 Å². The number of hydrogen-bond donors (Lipinski definition) is 0. The van der Waals surface area contributed by atoms with Crippen LogP contribution in [-0.4, -0.2) is 37.2 Å². The first kappa shape index (κ1) is 61.9. The number of unbranched alkanes of at least 4 members (excludes halogenated alkanes) is 30. The third kappa shape index (κ3) is 51.7. The molecular formula is C59H102O6. The summed E-state index contributed by atoms with van der Waals surface area (Å²) in [5.74, 6) is -0.932. The third-order valence-electron chi connectivity index (χ3n) is 11.8. The van der Waals surface area contributed by atoms with Crippen molar-refractivity contribution in [1.82, 2.24) is 0 Å². The highest BCUT2D eigenvalue weighted by molar-refractivity contribution is 5.71. The molecule has 0 aromatic heterocycles. The normalized spacial score (nSPS) is 12.6. The first-order chi connectivity index (χ1) is 32.0. The van der Waals surface area contributed by atoms with Gasteiger partial charge in [-0.25, -0.2) is 0 Å². The average Bonchev–Trinajstić information content (AvgIpc) is 3.30. The lowest BCUT2D eigenvalue weighted by Crippen LogP contribution is -2.30. The van der Waals surface area contributed by atoms with Crippen LogP contribution >= 0.6 is 0 Å². The van der Waals surface area contributed by atoms with Gasteiger partial charge in [0.15, 0.2) is 6.10 Å². The van der Waals surface area contributed by atoms with Gasteiger partial charge in [0, 0.05) is 19.3 Å². The van der Waals surface area contributed by atoms with E-state index in [2.05, 4.69) is 45.1 Å². The van der Waals surface area contributed by atoms with Crippen molar-refractivity contribution in [3.63, 3.8) is 0 Å². The summed E-state index contributed by atoms with van der Waals surface area (Å²) in [4.78, 5) is 38.0. The van der Waals surface area contributed by atoms with E-state index in [4.69, 9.17) is 14.2 Å². The number of allylic oxidation sites excluding steroid dienone is 12. The molecule has 1 atom stereocenters. The molecule has 0 radical (unpaired) electrons. The van der Waals surface area contributed by atoms with Gasteiger partial charge in [0.25, 0.3) is 0 Å². The number of carbonyl (C=O) groups is 3. The van der Waals surface area contributed by atoms with Gasteiger partial charge in [-0.15, -0.1) is 0 Å². The molecule has 0 N–H and O–H groups in total. The maximum atomic E-state index is 12.8. The second-order valence-electron chi connectivity index (χ2n) is 18.2. The predicted molar refractivity (Wildman–Crippen MR) is 279 cm³/mol. The van der Waals surface area contributed by atoms with Gasteiger partial charge in [0.05, 0.1) is 0 Å². The number of hydrogen-bond acceptors (Lipinski definition) is 6. The Labute approximate surface area is 402 Å². The number of carbonyl (C=O) groups excluding carboxylic acids is 3. The molecule has 0 aliphatic heterocycles. The maximum Gasteiger partial charge on any atom is 0.306 e. The molecular weight excluding hydrogens is 805 g/mol. The van der Waals surface area contributed by atoms with E-state index in [9.17, 15) is 14.4 Å². The zero-order valence-electron chi connectivity index (χ0n) is 42.7. The van der Waals surface area contributed by atoms with Gasteiger partial charge >= 0.3 is 17.9 Å². The number of ether oxygens (including phenoxy) is 3. The summed E-state index contributed by atoms with van der Waals surface area (Å²) in [6, 6.07) is 0. The number of rotatable bonds is 49. The van der Waals surface area contributed by atoms with Crippen molar-refractivity contribution in [2.45, 2.75) is 271 Å². The number of esters is 3. The Bertz CT molecular complexity index is 1230. The Kier molecular flexibility index (Phi) is 50.9. The first-order valence-electron chi connectivity index (χ1n) is 27.5. The standard InChI is InChI=1S/C59H102O6/c1-4-7-10-13-16-19-22-25-27-28-29-30-32-34-37-40-43-46-49-52-58(61)64-55-56(54-63-57(60)51-48-45-42-39-36-33-24-21-18-15-12-9-6-3)65-59(62)53-50-47-44-41-38-35-31-26-23-20-17-14-11-8-5-2/h8,11,14,17,20,23,26,28-29,31,35,38,56H,4-7,9-10,12-13,15-16,18-19,21-22,24-25,27,30,32-34,36-37,39-55H2,1-3H3/b11-8-,17-14-,23-20-,29-28-,31-26-,38-35-. The second kappa shape index (κ2) is 53.5. The molecule has 1 unspecified atom stereocenters. The van der Waals surface area contributed by atoms with E-state index in [-0.39, 0.29) is 37.5 Å². The minimum Gasteiger partial charge on any atom is -0.462 e. The van der Waals surface area contributed by atoms with Crippen LogP contribution in [0.4, 0.5) is 0 Å². The van der Waals surface area contributed by atoms with Crippen LogP contribution in [0.25, 0.3) is 0 Å². The third-order valence-corrected chi connectivity index (χ3v) is 11.8. The van der Waals surface area contributed by atoms with E-state index in [1.807, 2.05) is 48.6 Å². The van der Waals surface area contributed by atoms with Gasteiger partial charge in [-0.05, 0) is 64.2 Å². The van der Waals surface area contributed by atoms with Crippen LogP contribution in [0.5, 0.6) is 0 Å². The fourth-order valence-electron chi connectivity index (χ4n) is 7.69. The molecule has 6 heteroatoms. The summed E-state index contributed by atoms with van der Waals surface area (Å²) in [5, 5.41) is 0. The summed E-state index contributed by atoms with van der Waals surface area (Å²) in [5.41, 5.74) is 0. The smallest absolute Gasteiger partial charge is 0.306 e. The fraction of sp³-hybridized carbons (Fsp3) is 0.746. The average molecular weight is 907 g/mol. The van der Waals surface area contributed by atoms with Gasteiger partial charge in [0.2, 0.25) is 0 Å². The molecule has 0 aromatic carbocycles. The Morgan fingerprint density at radius 2 is 0.615 bits per heavy atom. The molecule has 0 aromatic rings. The fourth-order valence-corrected chi connectivity index (χ4v) is 7.69. The maximum absolute atomic E-state index is 12.8. The van der Waals surface area contributed by atoms with Crippen LogP contribution in [0.1, 0.15) is 265 Å². The summed E-state index contributed by atoms with van der Waals surface area (Å²) < 4.78 is 16.8. The Balaban J connectivity index is 4.41. The van der Waals surface area contributed by atoms with Crippen molar-refractivity contribution >= 4 is 17.9 Å². The van der Waals surface area contributed by atoms with E-state index in [1.54, 1.807) is 0 Å². The Morgan fingerprint density at radius 3 is 1.00 bits per heavy atom. The van der Waals surface area contributed by atoms with Gasteiger partial charge in [-0.3, -0.25) is 14.4 Å². The van der Waals surface area contributed by atoms with E-state index in [0.29, 0.717) is 19.3 Å². The van der Waals surface area contributed by atoms with Gasteiger partial charge in [0.1, 0.15) is 13.2 Å². The molecule has 0 aliphatic rings. The highest BCUT2D eigenvalue weighted by atomic mass is 16.6. The van der Waals surface area contributed by atoms with Gasteiger partial charge in [-0.2, -0.15) is 0 Å². The van der Waals surface area contributed by atoms with Crippen LogP contribution in [0, 0.1) is 0 Å². The minimum atomic E-state index is -0.797. The lowest BCUT2D eigenvalue weighted by molar-refractivity contribution is -0.167. The quantitative estimate of drug-likeness (QED) is 0.0199. The highest BCUT2D eigenvalue weighted by Gasteiger charge is 2.19. The summed E-state index contributed by atoms with van der Waals surface area (Å²) in [6.07, 6.45) is 67.5. The Hall–Kier alpha value is -3.15. The van der Waals surface area contributed by atoms with Crippen LogP contribution in [0.3, 0.4) is 0 Å². The summed E-state index contributed by atoms with van der Waals surface area (Å²) >= 11 is 0. The molecule has 6 nitrogen and oxygen atoms in total. The van der Waals surface area contributed by atoms with Crippen LogP contribution in [0.2, 0.25) is 0 Å². The van der Waals surface area contributed by atoms with Crippen molar-refractivity contribution in [2.75, 3.05) is 13.2 Å². The highest BCUT2D eigenvalue weighted by Crippen LogP contribution is 2.15.